The summed E-state index contributed by atoms with van der Waals surface area (Å²) in [5.41, 5.74) is 1.53. The summed E-state index contributed by atoms with van der Waals surface area (Å²) in [4.78, 5) is 31.8. The van der Waals surface area contributed by atoms with E-state index in [0.717, 1.165) is 19.3 Å². The summed E-state index contributed by atoms with van der Waals surface area (Å²) in [6, 6.07) is 16.1. The molecular weight excluding hydrogens is 452 g/mol. The van der Waals surface area contributed by atoms with E-state index in [0.29, 0.717) is 34.2 Å². The molecule has 1 saturated heterocycles. The maximum absolute atomic E-state index is 13.1. The number of unbranched alkanes of at least 4 members (excludes halogenated alkanes) is 2. The maximum Gasteiger partial charge on any atom is 0.300 e. The summed E-state index contributed by atoms with van der Waals surface area (Å²) < 4.78 is 5.74. The number of ketones is 1. The topological polar surface area (TPSA) is 79.7 Å². The molecule has 1 aromatic heterocycles. The fraction of sp³-hybridized carbons (Fsp3) is 0.222. The Hall–Kier alpha value is -3.64. The minimum absolute atomic E-state index is 0.00423. The first kappa shape index (κ1) is 23.5. The number of nitrogens with zero attached hydrogens (tertiary/aromatic N) is 2. The van der Waals surface area contributed by atoms with Crippen molar-refractivity contribution in [2.45, 2.75) is 32.2 Å². The number of ether oxygens (including phenoxy) is 1. The van der Waals surface area contributed by atoms with Crippen LogP contribution < -0.4 is 9.64 Å². The van der Waals surface area contributed by atoms with Crippen molar-refractivity contribution in [1.29, 1.82) is 0 Å². The lowest BCUT2D eigenvalue weighted by atomic mass is 9.96. The molecule has 1 atom stereocenters. The summed E-state index contributed by atoms with van der Waals surface area (Å²) in [7, 11) is 0. The first-order valence-corrected chi connectivity index (χ1v) is 11.6. The van der Waals surface area contributed by atoms with E-state index >= 15 is 0 Å². The minimum Gasteiger partial charge on any atom is -0.507 e. The lowest BCUT2D eigenvalue weighted by Gasteiger charge is -2.25. The van der Waals surface area contributed by atoms with Gasteiger partial charge in [0.2, 0.25) is 0 Å². The number of pyridine rings is 1. The fourth-order valence-corrected chi connectivity index (χ4v) is 4.09. The molecular formula is C27H25ClN2O4. The molecule has 0 bridgehead atoms. The summed E-state index contributed by atoms with van der Waals surface area (Å²) >= 11 is 6.02. The van der Waals surface area contributed by atoms with E-state index in [2.05, 4.69) is 11.9 Å². The van der Waals surface area contributed by atoms with Gasteiger partial charge in [-0.1, -0.05) is 37.4 Å². The van der Waals surface area contributed by atoms with Crippen LogP contribution in [0.2, 0.25) is 5.02 Å². The molecule has 1 unspecified atom stereocenters. The predicted octanol–water partition coefficient (Wildman–Crippen LogP) is 5.93. The molecule has 174 valence electrons. The summed E-state index contributed by atoms with van der Waals surface area (Å²) in [5.74, 6) is -1.06. The van der Waals surface area contributed by atoms with Crippen molar-refractivity contribution in [2.75, 3.05) is 11.5 Å². The molecule has 1 N–H and O–H groups in total. The molecule has 1 amide bonds. The zero-order chi connectivity index (χ0) is 24.1. The van der Waals surface area contributed by atoms with Crippen molar-refractivity contribution in [3.05, 3.63) is 94.8 Å². The zero-order valence-corrected chi connectivity index (χ0v) is 19.5. The van der Waals surface area contributed by atoms with Gasteiger partial charge in [-0.2, -0.15) is 0 Å². The van der Waals surface area contributed by atoms with Crippen molar-refractivity contribution in [3.8, 4) is 5.75 Å². The Labute approximate surface area is 203 Å². The number of aliphatic hydroxyl groups is 1. The number of carbonyl (C=O) groups excluding carboxylic acids is 2. The minimum atomic E-state index is -0.833. The van der Waals surface area contributed by atoms with Crippen molar-refractivity contribution < 1.29 is 19.4 Å². The maximum atomic E-state index is 13.1. The Balaban J connectivity index is 1.73. The van der Waals surface area contributed by atoms with Crippen molar-refractivity contribution in [2.24, 2.45) is 0 Å². The van der Waals surface area contributed by atoms with Crippen LogP contribution in [-0.2, 0) is 9.59 Å². The molecule has 2 heterocycles. The second-order valence-corrected chi connectivity index (χ2v) is 8.45. The number of aliphatic hydroxyl groups excluding tert-OH is 1. The number of anilines is 1. The Morgan fingerprint density at radius 3 is 2.44 bits per heavy atom. The highest BCUT2D eigenvalue weighted by atomic mass is 35.5. The van der Waals surface area contributed by atoms with Gasteiger partial charge in [-0.05, 0) is 66.6 Å². The van der Waals surface area contributed by atoms with Gasteiger partial charge in [0.25, 0.3) is 11.7 Å². The van der Waals surface area contributed by atoms with Crippen LogP contribution in [0.5, 0.6) is 5.75 Å². The number of hydrogen-bond acceptors (Lipinski definition) is 5. The van der Waals surface area contributed by atoms with E-state index in [1.165, 1.54) is 4.90 Å². The Bertz CT molecular complexity index is 1190. The van der Waals surface area contributed by atoms with Crippen LogP contribution in [0.3, 0.4) is 0 Å². The normalized spacial score (nSPS) is 17.2. The van der Waals surface area contributed by atoms with Gasteiger partial charge in [0.05, 0.1) is 18.2 Å². The number of halogens is 1. The van der Waals surface area contributed by atoms with Crippen LogP contribution in [0, 0.1) is 0 Å². The Morgan fingerprint density at radius 1 is 1.06 bits per heavy atom. The molecule has 4 rings (SSSR count). The number of amides is 1. The summed E-state index contributed by atoms with van der Waals surface area (Å²) in [6.07, 6.45) is 6.37. The van der Waals surface area contributed by atoms with Gasteiger partial charge in [-0.3, -0.25) is 19.5 Å². The van der Waals surface area contributed by atoms with E-state index in [1.54, 1.807) is 73.1 Å². The third-order valence-corrected chi connectivity index (χ3v) is 5.95. The van der Waals surface area contributed by atoms with E-state index in [9.17, 15) is 14.7 Å². The van der Waals surface area contributed by atoms with Gasteiger partial charge in [0.1, 0.15) is 11.5 Å². The standard InChI is InChI=1S/C27H25ClN2O4/c1-2-3-4-16-34-22-13-7-18(8-14-22)25(31)23-24(19-6-5-15-29-17-19)30(27(33)26(23)32)21-11-9-20(28)10-12-21/h5-15,17,24,31H,2-4,16H2,1H3/b25-23-. The van der Waals surface area contributed by atoms with E-state index in [1.807, 2.05) is 0 Å². The average molecular weight is 477 g/mol. The largest absolute Gasteiger partial charge is 0.507 e. The quantitative estimate of drug-likeness (QED) is 0.188. The number of Topliss-reactive ketones (excluding diaryl/α,β-unsaturated/α-hetero) is 1. The summed E-state index contributed by atoms with van der Waals surface area (Å²) in [5, 5.41) is 11.7. The number of rotatable bonds is 8. The summed E-state index contributed by atoms with van der Waals surface area (Å²) in [6.45, 7) is 2.75. The third kappa shape index (κ3) is 4.82. The second kappa shape index (κ2) is 10.5. The Kier molecular flexibility index (Phi) is 7.28. The van der Waals surface area contributed by atoms with Gasteiger partial charge >= 0.3 is 0 Å². The van der Waals surface area contributed by atoms with Gasteiger partial charge < -0.3 is 9.84 Å². The molecule has 3 aromatic rings. The molecule has 0 spiro atoms. The van der Waals surface area contributed by atoms with Gasteiger partial charge in [-0.25, -0.2) is 0 Å². The zero-order valence-electron chi connectivity index (χ0n) is 18.8. The monoisotopic (exact) mass is 476 g/mol. The van der Waals surface area contributed by atoms with Crippen molar-refractivity contribution in [1.82, 2.24) is 4.98 Å². The first-order chi connectivity index (χ1) is 16.5. The highest BCUT2D eigenvalue weighted by Crippen LogP contribution is 2.42. The molecule has 34 heavy (non-hydrogen) atoms. The van der Waals surface area contributed by atoms with Gasteiger partial charge in [-0.15, -0.1) is 0 Å². The number of carbonyl (C=O) groups is 2. The SMILES string of the molecule is CCCCCOc1ccc(/C(O)=C2/C(=O)C(=O)N(c3ccc(Cl)cc3)C2c2cccnc2)cc1. The predicted molar refractivity (Wildman–Crippen MR) is 132 cm³/mol. The van der Waals surface area contributed by atoms with Crippen LogP contribution in [0.25, 0.3) is 5.76 Å². The van der Waals surface area contributed by atoms with Crippen molar-refractivity contribution in [3.63, 3.8) is 0 Å². The third-order valence-electron chi connectivity index (χ3n) is 5.69. The fourth-order valence-electron chi connectivity index (χ4n) is 3.96. The molecule has 6 nitrogen and oxygen atoms in total. The van der Waals surface area contributed by atoms with Crippen LogP contribution in [0.4, 0.5) is 5.69 Å². The molecule has 0 radical (unpaired) electrons. The van der Waals surface area contributed by atoms with E-state index < -0.39 is 17.7 Å². The number of hydrogen-bond donors (Lipinski definition) is 1. The Morgan fingerprint density at radius 2 is 1.79 bits per heavy atom. The highest BCUT2D eigenvalue weighted by Gasteiger charge is 2.47. The smallest absolute Gasteiger partial charge is 0.300 e. The number of aromatic nitrogens is 1. The van der Waals surface area contributed by atoms with Crippen LogP contribution >= 0.6 is 11.6 Å². The van der Waals surface area contributed by atoms with E-state index in [-0.39, 0.29) is 11.3 Å². The molecule has 1 aliphatic heterocycles. The highest BCUT2D eigenvalue weighted by molar-refractivity contribution is 6.51. The molecule has 0 aliphatic carbocycles. The lowest BCUT2D eigenvalue weighted by Crippen LogP contribution is -2.29. The van der Waals surface area contributed by atoms with Crippen LogP contribution in [-0.4, -0.2) is 28.4 Å². The second-order valence-electron chi connectivity index (χ2n) is 8.01. The van der Waals surface area contributed by atoms with Gasteiger partial charge in [0, 0.05) is 28.7 Å². The average Bonchev–Trinajstić information content (AvgIpc) is 3.13. The van der Waals surface area contributed by atoms with Crippen LogP contribution in [0.15, 0.2) is 78.6 Å². The molecule has 1 fully saturated rings. The lowest BCUT2D eigenvalue weighted by molar-refractivity contribution is -0.132. The molecule has 0 saturated carbocycles. The van der Waals surface area contributed by atoms with Gasteiger partial charge in [0.15, 0.2) is 0 Å². The van der Waals surface area contributed by atoms with Crippen LogP contribution in [0.1, 0.15) is 43.4 Å². The number of benzene rings is 2. The first-order valence-electron chi connectivity index (χ1n) is 11.2. The molecule has 2 aromatic carbocycles. The van der Waals surface area contributed by atoms with Crippen molar-refractivity contribution >= 4 is 34.7 Å². The molecule has 7 heteroatoms. The molecule has 1 aliphatic rings. The van der Waals surface area contributed by atoms with E-state index in [4.69, 9.17) is 16.3 Å².